The standard InChI is InChI=1S/C11H18N2O3S/c1-11(2)9-13(8-10-4-3-6-16-10)17(14,15)7-5-12-11/h3-4,6,12H,5,7-9H2,1-2H3. The lowest BCUT2D eigenvalue weighted by atomic mass is 10.1. The molecule has 2 rings (SSSR count). The van der Waals surface area contributed by atoms with Gasteiger partial charge in [-0.1, -0.05) is 0 Å². The molecule has 0 spiro atoms. The Morgan fingerprint density at radius 2 is 2.29 bits per heavy atom. The molecule has 1 aliphatic rings. The maximum absolute atomic E-state index is 12.1. The van der Waals surface area contributed by atoms with Gasteiger partial charge < -0.3 is 9.73 Å². The second-order valence-corrected chi connectivity index (χ2v) is 7.06. The van der Waals surface area contributed by atoms with Crippen LogP contribution in [0.3, 0.4) is 0 Å². The third-order valence-electron chi connectivity index (χ3n) is 2.84. The summed E-state index contributed by atoms with van der Waals surface area (Å²) in [5.74, 6) is 0.809. The molecule has 1 saturated heterocycles. The molecule has 0 unspecified atom stereocenters. The molecule has 5 nitrogen and oxygen atoms in total. The molecule has 1 aromatic heterocycles. The second kappa shape index (κ2) is 4.44. The lowest BCUT2D eigenvalue weighted by Crippen LogP contribution is -2.46. The molecular formula is C11H18N2O3S. The van der Waals surface area contributed by atoms with Crippen LogP contribution in [0.2, 0.25) is 0 Å². The van der Waals surface area contributed by atoms with Gasteiger partial charge in [-0.25, -0.2) is 8.42 Å². The van der Waals surface area contributed by atoms with E-state index in [9.17, 15) is 8.42 Å². The number of hydrogen-bond acceptors (Lipinski definition) is 4. The number of hydrogen-bond donors (Lipinski definition) is 1. The van der Waals surface area contributed by atoms with Gasteiger partial charge in [-0.05, 0) is 26.0 Å². The van der Waals surface area contributed by atoms with E-state index in [1.54, 1.807) is 18.4 Å². The molecule has 0 aliphatic carbocycles. The Labute approximate surface area is 102 Å². The Morgan fingerprint density at radius 3 is 2.94 bits per heavy atom. The third-order valence-corrected chi connectivity index (χ3v) is 4.61. The van der Waals surface area contributed by atoms with E-state index in [0.717, 1.165) is 0 Å². The van der Waals surface area contributed by atoms with E-state index >= 15 is 0 Å². The van der Waals surface area contributed by atoms with Crippen LogP contribution in [0.25, 0.3) is 0 Å². The normalized spacial score (nSPS) is 24.4. The van der Waals surface area contributed by atoms with Gasteiger partial charge in [-0.15, -0.1) is 0 Å². The van der Waals surface area contributed by atoms with E-state index in [4.69, 9.17) is 4.42 Å². The van der Waals surface area contributed by atoms with Crippen molar-refractivity contribution in [2.24, 2.45) is 0 Å². The van der Waals surface area contributed by atoms with Crippen LogP contribution in [0.1, 0.15) is 19.6 Å². The predicted octanol–water partition coefficient (Wildman–Crippen LogP) is 0.793. The summed E-state index contributed by atoms with van der Waals surface area (Å²) in [6, 6.07) is 3.56. The zero-order valence-corrected chi connectivity index (χ0v) is 11.0. The summed E-state index contributed by atoms with van der Waals surface area (Å²) in [7, 11) is -3.20. The molecule has 0 bridgehead atoms. The molecule has 1 aromatic rings. The van der Waals surface area contributed by atoms with Crippen LogP contribution in [0.5, 0.6) is 0 Å². The van der Waals surface area contributed by atoms with Crippen molar-refractivity contribution in [1.29, 1.82) is 0 Å². The van der Waals surface area contributed by atoms with Crippen molar-refractivity contribution in [1.82, 2.24) is 9.62 Å². The number of sulfonamides is 1. The maximum atomic E-state index is 12.1. The molecule has 17 heavy (non-hydrogen) atoms. The van der Waals surface area contributed by atoms with E-state index in [0.29, 0.717) is 25.4 Å². The minimum Gasteiger partial charge on any atom is -0.468 e. The Balaban J connectivity index is 2.21. The zero-order chi connectivity index (χ0) is 12.5. The summed E-state index contributed by atoms with van der Waals surface area (Å²) in [6.45, 7) is 5.26. The van der Waals surface area contributed by atoms with Gasteiger partial charge in [0.15, 0.2) is 0 Å². The van der Waals surface area contributed by atoms with E-state index < -0.39 is 10.0 Å². The third kappa shape index (κ3) is 3.08. The first-order valence-corrected chi connectivity index (χ1v) is 7.25. The minimum absolute atomic E-state index is 0.136. The van der Waals surface area contributed by atoms with E-state index in [-0.39, 0.29) is 11.3 Å². The second-order valence-electron chi connectivity index (χ2n) is 4.97. The monoisotopic (exact) mass is 258 g/mol. The Hall–Kier alpha value is -0.850. The highest BCUT2D eigenvalue weighted by Crippen LogP contribution is 2.17. The summed E-state index contributed by atoms with van der Waals surface area (Å²) < 4.78 is 30.8. The van der Waals surface area contributed by atoms with E-state index in [1.165, 1.54) is 4.31 Å². The smallest absolute Gasteiger partial charge is 0.215 e. The first-order valence-electron chi connectivity index (χ1n) is 5.64. The molecular weight excluding hydrogens is 240 g/mol. The van der Waals surface area contributed by atoms with Crippen molar-refractivity contribution in [3.8, 4) is 0 Å². The lowest BCUT2D eigenvalue weighted by molar-refractivity contribution is 0.285. The van der Waals surface area contributed by atoms with Gasteiger partial charge in [0, 0.05) is 18.6 Å². The molecule has 1 aliphatic heterocycles. The van der Waals surface area contributed by atoms with Gasteiger partial charge in [-0.2, -0.15) is 4.31 Å². The van der Waals surface area contributed by atoms with Crippen molar-refractivity contribution >= 4 is 10.0 Å². The van der Waals surface area contributed by atoms with Gasteiger partial charge in [-0.3, -0.25) is 0 Å². The van der Waals surface area contributed by atoms with Gasteiger partial charge in [0.2, 0.25) is 10.0 Å². The highest BCUT2D eigenvalue weighted by molar-refractivity contribution is 7.89. The zero-order valence-electron chi connectivity index (χ0n) is 10.1. The molecule has 6 heteroatoms. The van der Waals surface area contributed by atoms with Crippen LogP contribution in [0.15, 0.2) is 22.8 Å². The predicted molar refractivity (Wildman–Crippen MR) is 65.0 cm³/mol. The number of nitrogens with zero attached hydrogens (tertiary/aromatic N) is 1. The molecule has 0 amide bonds. The molecule has 1 N–H and O–H groups in total. The van der Waals surface area contributed by atoms with Crippen molar-refractivity contribution < 1.29 is 12.8 Å². The fraction of sp³-hybridized carbons (Fsp3) is 0.636. The molecule has 1 fully saturated rings. The molecule has 0 aromatic carbocycles. The summed E-state index contributed by atoms with van der Waals surface area (Å²) in [4.78, 5) is 0. The van der Waals surface area contributed by atoms with E-state index in [1.807, 2.05) is 13.8 Å². The highest BCUT2D eigenvalue weighted by Gasteiger charge is 2.33. The number of furan rings is 1. The molecule has 0 radical (unpaired) electrons. The van der Waals surface area contributed by atoms with Crippen LogP contribution in [-0.4, -0.2) is 37.1 Å². The first kappa shape index (κ1) is 12.6. The van der Waals surface area contributed by atoms with Gasteiger partial charge >= 0.3 is 0 Å². The largest absolute Gasteiger partial charge is 0.468 e. The minimum atomic E-state index is -3.20. The lowest BCUT2D eigenvalue weighted by Gasteiger charge is -2.28. The SMILES string of the molecule is CC1(C)CN(Cc2ccco2)S(=O)(=O)CCN1. The van der Waals surface area contributed by atoms with Crippen LogP contribution in [0.4, 0.5) is 0 Å². The summed E-state index contributed by atoms with van der Waals surface area (Å²) in [5.41, 5.74) is -0.212. The Bertz CT molecular complexity index is 465. The van der Waals surface area contributed by atoms with Crippen molar-refractivity contribution in [3.05, 3.63) is 24.2 Å². The maximum Gasteiger partial charge on any atom is 0.215 e. The molecule has 96 valence electrons. The highest BCUT2D eigenvalue weighted by atomic mass is 32.2. The topological polar surface area (TPSA) is 62.6 Å². The van der Waals surface area contributed by atoms with Crippen LogP contribution in [-0.2, 0) is 16.6 Å². The average Bonchev–Trinajstić information content (AvgIpc) is 2.64. The molecule has 0 saturated carbocycles. The van der Waals surface area contributed by atoms with Crippen LogP contribution >= 0.6 is 0 Å². The number of nitrogens with one attached hydrogen (secondary N) is 1. The van der Waals surface area contributed by atoms with Gasteiger partial charge in [0.25, 0.3) is 0 Å². The molecule has 0 atom stereocenters. The Morgan fingerprint density at radius 1 is 1.53 bits per heavy atom. The van der Waals surface area contributed by atoms with Gasteiger partial charge in [0.1, 0.15) is 5.76 Å². The fourth-order valence-electron chi connectivity index (χ4n) is 1.97. The average molecular weight is 258 g/mol. The van der Waals surface area contributed by atoms with E-state index in [2.05, 4.69) is 5.32 Å². The van der Waals surface area contributed by atoms with Crippen molar-refractivity contribution in [2.75, 3.05) is 18.8 Å². The summed E-state index contributed by atoms with van der Waals surface area (Å²) >= 11 is 0. The van der Waals surface area contributed by atoms with Crippen LogP contribution in [0, 0.1) is 0 Å². The van der Waals surface area contributed by atoms with Crippen molar-refractivity contribution in [3.63, 3.8) is 0 Å². The first-order chi connectivity index (χ1) is 7.89. The number of rotatable bonds is 2. The molecule has 2 heterocycles. The Kier molecular flexibility index (Phi) is 3.29. The van der Waals surface area contributed by atoms with Crippen LogP contribution < -0.4 is 5.32 Å². The quantitative estimate of drug-likeness (QED) is 0.852. The summed E-state index contributed by atoms with van der Waals surface area (Å²) in [6.07, 6.45) is 1.56. The summed E-state index contributed by atoms with van der Waals surface area (Å²) in [5, 5.41) is 3.23. The fourth-order valence-corrected chi connectivity index (χ4v) is 3.43. The van der Waals surface area contributed by atoms with Crippen molar-refractivity contribution in [2.45, 2.75) is 25.9 Å². The van der Waals surface area contributed by atoms with Gasteiger partial charge in [0.05, 0.1) is 18.6 Å².